The number of hydrogen-bond donors (Lipinski definition) is 1. The summed E-state index contributed by atoms with van der Waals surface area (Å²) < 4.78 is 2.13. The number of hydrogen-bond acceptors (Lipinski definition) is 4. The third kappa shape index (κ3) is 3.72. The first kappa shape index (κ1) is 18.5. The summed E-state index contributed by atoms with van der Waals surface area (Å²) in [6.45, 7) is 7.96. The molecule has 6 heteroatoms. The Morgan fingerprint density at radius 1 is 1.14 bits per heavy atom. The molecule has 4 rings (SSSR count). The van der Waals surface area contributed by atoms with Crippen molar-refractivity contribution >= 4 is 17.4 Å². The lowest BCUT2D eigenvalue weighted by Crippen LogP contribution is -2.38. The average Bonchev–Trinajstić information content (AvgIpc) is 3.05. The summed E-state index contributed by atoms with van der Waals surface area (Å²) in [5.41, 5.74) is 2.66. The molecule has 3 aromatic rings. The van der Waals surface area contributed by atoms with Crippen LogP contribution in [0.4, 0.5) is 5.82 Å². The molecule has 1 amide bonds. The van der Waals surface area contributed by atoms with Crippen LogP contribution >= 0.6 is 0 Å². The summed E-state index contributed by atoms with van der Waals surface area (Å²) >= 11 is 0. The molecule has 0 atom stereocenters. The molecule has 0 aromatic carbocycles. The predicted molar refractivity (Wildman–Crippen MR) is 111 cm³/mol. The molecule has 146 valence electrons. The number of nitrogens with one attached hydrogen (secondary N) is 1. The van der Waals surface area contributed by atoms with Crippen LogP contribution in [0.1, 0.15) is 55.6 Å². The Kier molecular flexibility index (Phi) is 4.79. The van der Waals surface area contributed by atoms with Gasteiger partial charge in [0, 0.05) is 43.1 Å². The van der Waals surface area contributed by atoms with Crippen molar-refractivity contribution in [1.29, 1.82) is 0 Å². The molecular formula is C22H27N5O. The van der Waals surface area contributed by atoms with E-state index in [9.17, 15) is 4.79 Å². The topological polar surface area (TPSA) is 62.5 Å². The standard InChI is InChI=1S/C22H27N5O/c1-22(2,3)25-20-19(24-18-8-4-5-12-27(18)20)16-9-13-26(14-10-16)21(28)17-7-6-11-23-15-17/h4-8,11-12,15-16,25H,9-10,13-14H2,1-3H3. The third-order valence-electron chi connectivity index (χ3n) is 5.13. The molecule has 1 saturated heterocycles. The summed E-state index contributed by atoms with van der Waals surface area (Å²) in [5, 5.41) is 3.64. The second-order valence-electron chi connectivity index (χ2n) is 8.46. The molecule has 28 heavy (non-hydrogen) atoms. The molecule has 1 fully saturated rings. The normalized spacial score (nSPS) is 15.8. The van der Waals surface area contributed by atoms with Gasteiger partial charge in [-0.15, -0.1) is 0 Å². The van der Waals surface area contributed by atoms with E-state index in [2.05, 4.69) is 41.7 Å². The molecule has 0 unspecified atom stereocenters. The number of amides is 1. The van der Waals surface area contributed by atoms with Crippen LogP contribution in [0.5, 0.6) is 0 Å². The minimum Gasteiger partial charge on any atom is -0.365 e. The minimum atomic E-state index is -0.0580. The van der Waals surface area contributed by atoms with Crippen molar-refractivity contribution in [3.05, 3.63) is 60.2 Å². The van der Waals surface area contributed by atoms with Gasteiger partial charge >= 0.3 is 0 Å². The first-order valence-corrected chi connectivity index (χ1v) is 9.87. The van der Waals surface area contributed by atoms with E-state index in [4.69, 9.17) is 4.98 Å². The number of aromatic nitrogens is 3. The van der Waals surface area contributed by atoms with E-state index in [0.717, 1.165) is 43.1 Å². The number of nitrogens with zero attached hydrogens (tertiary/aromatic N) is 4. The van der Waals surface area contributed by atoms with Gasteiger partial charge in [0.2, 0.25) is 0 Å². The zero-order chi connectivity index (χ0) is 19.7. The molecule has 3 aromatic heterocycles. The number of anilines is 1. The lowest BCUT2D eigenvalue weighted by Gasteiger charge is -2.32. The van der Waals surface area contributed by atoms with E-state index in [1.54, 1.807) is 18.5 Å². The van der Waals surface area contributed by atoms with E-state index in [1.807, 2.05) is 29.2 Å². The van der Waals surface area contributed by atoms with Crippen molar-refractivity contribution < 1.29 is 4.79 Å². The Morgan fingerprint density at radius 2 is 1.93 bits per heavy atom. The molecule has 4 heterocycles. The van der Waals surface area contributed by atoms with Crippen molar-refractivity contribution in [2.75, 3.05) is 18.4 Å². The smallest absolute Gasteiger partial charge is 0.255 e. The highest BCUT2D eigenvalue weighted by atomic mass is 16.2. The molecule has 0 saturated carbocycles. The SMILES string of the molecule is CC(C)(C)Nc1c(C2CCN(C(=O)c3cccnc3)CC2)nc2ccccn12. The Labute approximate surface area is 165 Å². The van der Waals surface area contributed by atoms with Crippen LogP contribution < -0.4 is 5.32 Å². The second kappa shape index (κ2) is 7.26. The Hall–Kier alpha value is -2.89. The van der Waals surface area contributed by atoms with E-state index in [-0.39, 0.29) is 11.4 Å². The number of rotatable bonds is 3. The average molecular weight is 377 g/mol. The summed E-state index contributed by atoms with van der Waals surface area (Å²) in [6, 6.07) is 9.72. The molecule has 1 N–H and O–H groups in total. The van der Waals surface area contributed by atoms with Gasteiger partial charge < -0.3 is 10.2 Å². The number of imidazole rings is 1. The molecule has 0 bridgehead atoms. The monoisotopic (exact) mass is 377 g/mol. The molecular weight excluding hydrogens is 350 g/mol. The highest BCUT2D eigenvalue weighted by Crippen LogP contribution is 2.34. The van der Waals surface area contributed by atoms with E-state index in [1.165, 1.54) is 0 Å². The van der Waals surface area contributed by atoms with Crippen LogP contribution in [0.15, 0.2) is 48.9 Å². The van der Waals surface area contributed by atoms with Gasteiger partial charge in [0.05, 0.1) is 11.3 Å². The lowest BCUT2D eigenvalue weighted by atomic mass is 9.92. The van der Waals surface area contributed by atoms with Gasteiger partial charge in [-0.25, -0.2) is 4.98 Å². The molecule has 0 spiro atoms. The van der Waals surface area contributed by atoms with Crippen LogP contribution in [0.2, 0.25) is 0 Å². The fourth-order valence-corrected chi connectivity index (χ4v) is 3.81. The number of carbonyl (C=O) groups is 1. The zero-order valence-electron chi connectivity index (χ0n) is 16.7. The minimum absolute atomic E-state index is 0.0580. The van der Waals surface area contributed by atoms with Gasteiger partial charge in [0.15, 0.2) is 0 Å². The van der Waals surface area contributed by atoms with E-state index < -0.39 is 0 Å². The van der Waals surface area contributed by atoms with Crippen LogP contribution in [0.3, 0.4) is 0 Å². The maximum Gasteiger partial charge on any atom is 0.255 e. The van der Waals surface area contributed by atoms with Gasteiger partial charge in [0.25, 0.3) is 5.91 Å². The van der Waals surface area contributed by atoms with Gasteiger partial charge in [-0.2, -0.15) is 0 Å². The van der Waals surface area contributed by atoms with Crippen molar-refractivity contribution in [3.63, 3.8) is 0 Å². The quantitative estimate of drug-likeness (QED) is 0.750. The summed E-state index contributed by atoms with van der Waals surface area (Å²) in [7, 11) is 0. The van der Waals surface area contributed by atoms with Gasteiger partial charge in [0.1, 0.15) is 11.5 Å². The lowest BCUT2D eigenvalue weighted by molar-refractivity contribution is 0.0712. The van der Waals surface area contributed by atoms with E-state index in [0.29, 0.717) is 11.5 Å². The number of fused-ring (bicyclic) bond motifs is 1. The van der Waals surface area contributed by atoms with Crippen LogP contribution in [-0.2, 0) is 0 Å². The van der Waals surface area contributed by atoms with Crippen molar-refractivity contribution in [2.24, 2.45) is 0 Å². The fourth-order valence-electron chi connectivity index (χ4n) is 3.81. The van der Waals surface area contributed by atoms with Crippen molar-refractivity contribution in [1.82, 2.24) is 19.3 Å². The summed E-state index contributed by atoms with van der Waals surface area (Å²) in [5.74, 6) is 1.47. The maximum atomic E-state index is 12.7. The summed E-state index contributed by atoms with van der Waals surface area (Å²) in [4.78, 5) is 23.6. The number of likely N-dealkylation sites (tertiary alicyclic amines) is 1. The third-order valence-corrected chi connectivity index (χ3v) is 5.13. The van der Waals surface area contributed by atoms with Gasteiger partial charge in [-0.3, -0.25) is 14.2 Å². The largest absolute Gasteiger partial charge is 0.365 e. The zero-order valence-corrected chi connectivity index (χ0v) is 16.7. The Bertz CT molecular complexity index is 966. The summed E-state index contributed by atoms with van der Waals surface area (Å²) in [6.07, 6.45) is 7.21. The van der Waals surface area contributed by atoms with Crippen LogP contribution in [-0.4, -0.2) is 43.8 Å². The van der Waals surface area contributed by atoms with Gasteiger partial charge in [-0.05, 0) is 57.9 Å². The van der Waals surface area contributed by atoms with Crippen molar-refractivity contribution in [2.45, 2.75) is 45.1 Å². The highest BCUT2D eigenvalue weighted by molar-refractivity contribution is 5.93. The molecule has 0 aliphatic carbocycles. The second-order valence-corrected chi connectivity index (χ2v) is 8.46. The van der Waals surface area contributed by atoms with E-state index >= 15 is 0 Å². The molecule has 0 radical (unpaired) electrons. The van der Waals surface area contributed by atoms with Crippen LogP contribution in [0, 0.1) is 0 Å². The molecule has 1 aliphatic rings. The number of carbonyl (C=O) groups excluding carboxylic acids is 1. The molecule has 6 nitrogen and oxygen atoms in total. The number of pyridine rings is 2. The van der Waals surface area contributed by atoms with Gasteiger partial charge in [-0.1, -0.05) is 6.07 Å². The van der Waals surface area contributed by atoms with Crippen LogP contribution in [0.25, 0.3) is 5.65 Å². The highest BCUT2D eigenvalue weighted by Gasteiger charge is 2.29. The molecule has 1 aliphatic heterocycles. The first-order chi connectivity index (χ1) is 13.4. The maximum absolute atomic E-state index is 12.7. The fraction of sp³-hybridized carbons (Fsp3) is 0.409. The van der Waals surface area contributed by atoms with Crippen molar-refractivity contribution in [3.8, 4) is 0 Å². The Balaban J connectivity index is 1.55. The predicted octanol–water partition coefficient (Wildman–Crippen LogP) is 3.96. The first-order valence-electron chi connectivity index (χ1n) is 9.87. The number of piperidine rings is 1. The Morgan fingerprint density at radius 3 is 2.61 bits per heavy atom.